The van der Waals surface area contributed by atoms with Crippen LogP contribution >= 0.6 is 0 Å². The Balaban J connectivity index is 2.53. The van der Waals surface area contributed by atoms with Gasteiger partial charge in [0.25, 0.3) is 0 Å². The third-order valence-electron chi connectivity index (χ3n) is 2.24. The molecule has 0 spiro atoms. The first-order valence-corrected chi connectivity index (χ1v) is 4.41. The van der Waals surface area contributed by atoms with Crippen molar-refractivity contribution in [1.29, 1.82) is 0 Å². The smallest absolute Gasteiger partial charge is 0.183 e. The molecule has 2 N–H and O–H groups in total. The number of rotatable bonds is 0. The summed E-state index contributed by atoms with van der Waals surface area (Å²) in [6.45, 7) is 0.279. The summed E-state index contributed by atoms with van der Waals surface area (Å²) in [7, 11) is 0. The molecule has 1 aliphatic rings. The molecule has 1 aromatic rings. The van der Waals surface area contributed by atoms with E-state index in [9.17, 15) is 9.18 Å². The Hall–Kier alpha value is -1.42. The van der Waals surface area contributed by atoms with Crippen molar-refractivity contribution >= 4 is 5.78 Å². The van der Waals surface area contributed by atoms with E-state index in [0.29, 0.717) is 6.42 Å². The van der Waals surface area contributed by atoms with Crippen LogP contribution in [0.15, 0.2) is 18.2 Å². The fourth-order valence-corrected chi connectivity index (χ4v) is 1.47. The molecule has 74 valence electrons. The van der Waals surface area contributed by atoms with Crippen LogP contribution in [-0.2, 0) is 0 Å². The second kappa shape index (κ2) is 3.38. The van der Waals surface area contributed by atoms with Gasteiger partial charge in [-0.25, -0.2) is 4.39 Å². The van der Waals surface area contributed by atoms with Crippen molar-refractivity contribution in [3.8, 4) is 5.75 Å². The highest BCUT2D eigenvalue weighted by atomic mass is 19.1. The molecule has 0 aliphatic carbocycles. The molecule has 0 aromatic heterocycles. The minimum absolute atomic E-state index is 0.0328. The number of halogens is 1. The summed E-state index contributed by atoms with van der Waals surface area (Å²) in [5.74, 6) is -0.729. The second-order valence-corrected chi connectivity index (χ2v) is 3.22. The van der Waals surface area contributed by atoms with E-state index in [0.717, 1.165) is 0 Å². The van der Waals surface area contributed by atoms with Crippen molar-refractivity contribution in [2.45, 2.75) is 12.5 Å². The largest absolute Gasteiger partial charge is 0.490 e. The normalized spacial score (nSPS) is 21.0. The number of hydrogen-bond donors (Lipinski definition) is 1. The molecule has 0 bridgehead atoms. The molecule has 0 radical (unpaired) electrons. The molecule has 0 unspecified atom stereocenters. The molecule has 0 amide bonds. The summed E-state index contributed by atoms with van der Waals surface area (Å²) in [6.07, 6.45) is 0.424. The van der Waals surface area contributed by atoms with E-state index >= 15 is 0 Å². The van der Waals surface area contributed by atoms with Crippen molar-refractivity contribution in [3.63, 3.8) is 0 Å². The van der Waals surface area contributed by atoms with Gasteiger partial charge in [-0.15, -0.1) is 0 Å². The van der Waals surface area contributed by atoms with Crippen LogP contribution in [0.2, 0.25) is 0 Å². The zero-order valence-corrected chi connectivity index (χ0v) is 7.50. The van der Waals surface area contributed by atoms with Crippen LogP contribution in [0.1, 0.15) is 16.8 Å². The molecule has 0 fully saturated rings. The van der Waals surface area contributed by atoms with Crippen molar-refractivity contribution in [2.75, 3.05) is 6.61 Å². The van der Waals surface area contributed by atoms with Gasteiger partial charge < -0.3 is 10.5 Å². The van der Waals surface area contributed by atoms with Gasteiger partial charge in [0.2, 0.25) is 0 Å². The van der Waals surface area contributed by atoms with E-state index in [1.807, 2.05) is 0 Å². The van der Waals surface area contributed by atoms with Crippen LogP contribution in [0.5, 0.6) is 5.75 Å². The maximum Gasteiger partial charge on any atom is 0.183 e. The zero-order chi connectivity index (χ0) is 10.1. The Morgan fingerprint density at radius 3 is 3.07 bits per heavy atom. The Morgan fingerprint density at radius 2 is 2.29 bits per heavy atom. The predicted octanol–water partition coefficient (Wildman–Crippen LogP) is 1.12. The van der Waals surface area contributed by atoms with Crippen molar-refractivity contribution in [1.82, 2.24) is 0 Å². The lowest BCUT2D eigenvalue weighted by atomic mass is 10.0. The fraction of sp³-hybridized carbons (Fsp3) is 0.300. The molecule has 14 heavy (non-hydrogen) atoms. The van der Waals surface area contributed by atoms with Crippen LogP contribution in [0.3, 0.4) is 0 Å². The highest BCUT2D eigenvalue weighted by Crippen LogP contribution is 2.26. The minimum Gasteiger partial charge on any atom is -0.490 e. The summed E-state index contributed by atoms with van der Waals surface area (Å²) in [5.41, 5.74) is 5.84. The van der Waals surface area contributed by atoms with Gasteiger partial charge in [-0.3, -0.25) is 4.79 Å². The lowest BCUT2D eigenvalue weighted by molar-refractivity contribution is 0.0960. The van der Waals surface area contributed by atoms with Crippen LogP contribution in [-0.4, -0.2) is 18.4 Å². The average Bonchev–Trinajstić information content (AvgIpc) is 2.31. The van der Waals surface area contributed by atoms with Gasteiger partial charge in [0.05, 0.1) is 18.2 Å². The van der Waals surface area contributed by atoms with Gasteiger partial charge in [-0.1, -0.05) is 6.07 Å². The van der Waals surface area contributed by atoms with Gasteiger partial charge in [-0.05, 0) is 12.1 Å². The van der Waals surface area contributed by atoms with E-state index in [4.69, 9.17) is 10.5 Å². The number of benzene rings is 1. The Labute approximate surface area is 80.7 Å². The van der Waals surface area contributed by atoms with E-state index < -0.39 is 11.9 Å². The van der Waals surface area contributed by atoms with Crippen molar-refractivity contribution in [3.05, 3.63) is 29.6 Å². The zero-order valence-electron chi connectivity index (χ0n) is 7.50. The highest BCUT2D eigenvalue weighted by molar-refractivity contribution is 6.02. The minimum atomic E-state index is -0.585. The molecule has 3 nitrogen and oxygen atoms in total. The first kappa shape index (κ1) is 9.15. The standard InChI is InChI=1S/C10H10FNO2/c11-7-3-1-2-6-9(13)8(12)4-5-14-10(6)7/h1-3,8H,4-5,12H2/t8-/m0/s1. The number of carbonyl (C=O) groups is 1. The summed E-state index contributed by atoms with van der Waals surface area (Å²) in [6, 6.07) is 3.69. The van der Waals surface area contributed by atoms with Gasteiger partial charge in [-0.2, -0.15) is 0 Å². The molecular weight excluding hydrogens is 185 g/mol. The predicted molar refractivity (Wildman–Crippen MR) is 48.8 cm³/mol. The molecule has 0 saturated heterocycles. The number of Topliss-reactive ketones (excluding diaryl/α,β-unsaturated/α-hetero) is 1. The van der Waals surface area contributed by atoms with Crippen molar-refractivity contribution < 1.29 is 13.9 Å². The number of nitrogens with two attached hydrogens (primary N) is 1. The molecule has 0 saturated carbocycles. The summed E-state index contributed by atoms with van der Waals surface area (Å²) < 4.78 is 18.4. The summed E-state index contributed by atoms with van der Waals surface area (Å²) >= 11 is 0. The summed E-state index contributed by atoms with van der Waals surface area (Å²) in [4.78, 5) is 11.6. The highest BCUT2D eigenvalue weighted by Gasteiger charge is 2.25. The van der Waals surface area contributed by atoms with Crippen LogP contribution < -0.4 is 10.5 Å². The van der Waals surface area contributed by atoms with Gasteiger partial charge in [0.1, 0.15) is 0 Å². The number of fused-ring (bicyclic) bond motifs is 1. The van der Waals surface area contributed by atoms with Crippen LogP contribution in [0, 0.1) is 5.82 Å². The fourth-order valence-electron chi connectivity index (χ4n) is 1.47. The average molecular weight is 195 g/mol. The lowest BCUT2D eigenvalue weighted by Gasteiger charge is -2.06. The topological polar surface area (TPSA) is 52.3 Å². The molecular formula is C10H10FNO2. The molecule has 1 atom stereocenters. The molecule has 1 heterocycles. The van der Waals surface area contributed by atoms with Crippen molar-refractivity contribution in [2.24, 2.45) is 5.73 Å². The Kier molecular flexibility index (Phi) is 2.21. The van der Waals surface area contributed by atoms with Gasteiger partial charge in [0, 0.05) is 6.42 Å². The number of ether oxygens (including phenoxy) is 1. The Bertz CT molecular complexity index is 378. The lowest BCUT2D eigenvalue weighted by Crippen LogP contribution is -2.30. The number of ketones is 1. The molecule has 2 rings (SSSR count). The molecule has 4 heteroatoms. The quantitative estimate of drug-likeness (QED) is 0.674. The van der Waals surface area contributed by atoms with Gasteiger partial charge in [0.15, 0.2) is 17.3 Å². The first-order chi connectivity index (χ1) is 6.70. The van der Waals surface area contributed by atoms with E-state index in [-0.39, 0.29) is 23.7 Å². The number of para-hydroxylation sites is 1. The molecule has 1 aromatic carbocycles. The van der Waals surface area contributed by atoms with Gasteiger partial charge >= 0.3 is 0 Å². The monoisotopic (exact) mass is 195 g/mol. The maximum absolute atomic E-state index is 13.2. The van der Waals surface area contributed by atoms with E-state index in [1.54, 1.807) is 0 Å². The first-order valence-electron chi connectivity index (χ1n) is 4.41. The third kappa shape index (κ3) is 1.37. The SMILES string of the molecule is N[C@H]1CCOc2c(F)cccc2C1=O. The summed E-state index contributed by atoms with van der Waals surface area (Å²) in [5, 5.41) is 0. The maximum atomic E-state index is 13.2. The van der Waals surface area contributed by atoms with Crippen LogP contribution in [0.25, 0.3) is 0 Å². The number of hydrogen-bond acceptors (Lipinski definition) is 3. The van der Waals surface area contributed by atoms with Crippen LogP contribution in [0.4, 0.5) is 4.39 Å². The second-order valence-electron chi connectivity index (χ2n) is 3.22. The molecule has 1 aliphatic heterocycles. The third-order valence-corrected chi connectivity index (χ3v) is 2.24. The Morgan fingerprint density at radius 1 is 1.50 bits per heavy atom. The van der Waals surface area contributed by atoms with E-state index in [2.05, 4.69) is 0 Å². The number of carbonyl (C=O) groups excluding carboxylic acids is 1. The van der Waals surface area contributed by atoms with E-state index in [1.165, 1.54) is 18.2 Å².